The summed E-state index contributed by atoms with van der Waals surface area (Å²) in [7, 11) is 0. The summed E-state index contributed by atoms with van der Waals surface area (Å²) in [4.78, 5) is 5.33. The maximum absolute atomic E-state index is 10.2. The van der Waals surface area contributed by atoms with Crippen LogP contribution in [0.5, 0.6) is 0 Å². The van der Waals surface area contributed by atoms with Crippen LogP contribution in [0.1, 0.15) is 57.8 Å². The fourth-order valence-corrected chi connectivity index (χ4v) is 4.42. The Morgan fingerprint density at radius 1 is 0.632 bits per heavy atom. The summed E-state index contributed by atoms with van der Waals surface area (Å²) in [6, 6.07) is 1.29. The van der Waals surface area contributed by atoms with Crippen LogP contribution in [-0.2, 0) is 0 Å². The Hall–Kier alpha value is -0.120. The van der Waals surface area contributed by atoms with Gasteiger partial charge in [0, 0.05) is 18.6 Å². The number of nitrogens with zero attached hydrogens (tertiary/aromatic N) is 2. The maximum Gasteiger partial charge on any atom is 0.0695 e. The zero-order valence-electron chi connectivity index (χ0n) is 12.3. The quantitative estimate of drug-likeness (QED) is 0.830. The van der Waals surface area contributed by atoms with Crippen LogP contribution in [0.2, 0.25) is 0 Å². The highest BCUT2D eigenvalue weighted by molar-refractivity contribution is 4.87. The lowest BCUT2D eigenvalue weighted by atomic mass is 9.91. The van der Waals surface area contributed by atoms with Crippen molar-refractivity contribution in [3.8, 4) is 0 Å². The van der Waals surface area contributed by atoms with Crippen LogP contribution in [0.15, 0.2) is 0 Å². The van der Waals surface area contributed by atoms with Gasteiger partial charge < -0.3 is 10.0 Å². The Bertz CT molecular complexity index is 278. The summed E-state index contributed by atoms with van der Waals surface area (Å²) >= 11 is 0. The monoisotopic (exact) mass is 266 g/mol. The topological polar surface area (TPSA) is 26.7 Å². The van der Waals surface area contributed by atoms with Crippen molar-refractivity contribution in [3.05, 3.63) is 0 Å². The van der Waals surface area contributed by atoms with E-state index in [1.165, 1.54) is 77.5 Å². The molecule has 0 aromatic heterocycles. The van der Waals surface area contributed by atoms with Crippen molar-refractivity contribution in [1.82, 2.24) is 9.80 Å². The van der Waals surface area contributed by atoms with E-state index < -0.39 is 0 Å². The standard InChI is InChI=1S/C16H30N2O/c19-16-8-2-1-7-15(16)18-12-5-6-14(9-13-18)17-10-3-4-11-17/h14-16,19H,1-13H2. The first-order valence-corrected chi connectivity index (χ1v) is 8.51. The zero-order valence-corrected chi connectivity index (χ0v) is 12.3. The molecule has 3 heteroatoms. The van der Waals surface area contributed by atoms with Crippen LogP contribution in [0.25, 0.3) is 0 Å². The molecule has 0 aromatic rings. The van der Waals surface area contributed by atoms with Crippen molar-refractivity contribution in [2.75, 3.05) is 26.2 Å². The molecule has 2 heterocycles. The second kappa shape index (κ2) is 6.55. The number of rotatable bonds is 2. The first-order chi connectivity index (χ1) is 9.34. The third kappa shape index (κ3) is 3.32. The average molecular weight is 266 g/mol. The highest BCUT2D eigenvalue weighted by Crippen LogP contribution is 2.27. The van der Waals surface area contributed by atoms with Crippen LogP contribution in [-0.4, -0.2) is 59.3 Å². The van der Waals surface area contributed by atoms with Gasteiger partial charge >= 0.3 is 0 Å². The summed E-state index contributed by atoms with van der Waals surface area (Å²) in [5.74, 6) is 0. The lowest BCUT2D eigenvalue weighted by molar-refractivity contribution is 0.0205. The molecule has 3 unspecified atom stereocenters. The van der Waals surface area contributed by atoms with Crippen molar-refractivity contribution in [1.29, 1.82) is 0 Å². The molecule has 1 saturated carbocycles. The predicted octanol–water partition coefficient (Wildman–Crippen LogP) is 2.24. The molecule has 110 valence electrons. The Labute approximate surface area is 118 Å². The number of likely N-dealkylation sites (tertiary alicyclic amines) is 2. The molecule has 3 atom stereocenters. The van der Waals surface area contributed by atoms with Crippen molar-refractivity contribution >= 4 is 0 Å². The van der Waals surface area contributed by atoms with E-state index in [2.05, 4.69) is 9.80 Å². The van der Waals surface area contributed by atoms with Crippen LogP contribution >= 0.6 is 0 Å². The lowest BCUT2D eigenvalue weighted by Crippen LogP contribution is -2.46. The Balaban J connectivity index is 1.54. The molecule has 3 rings (SSSR count). The third-order valence-electron chi connectivity index (χ3n) is 5.55. The van der Waals surface area contributed by atoms with Gasteiger partial charge in [0.15, 0.2) is 0 Å². The number of aliphatic hydroxyl groups excluding tert-OH is 1. The number of aliphatic hydroxyl groups is 1. The maximum atomic E-state index is 10.2. The molecule has 0 amide bonds. The fraction of sp³-hybridized carbons (Fsp3) is 1.00. The minimum atomic E-state index is -0.0583. The van der Waals surface area contributed by atoms with Crippen LogP contribution in [0, 0.1) is 0 Å². The highest BCUT2D eigenvalue weighted by Gasteiger charge is 2.31. The van der Waals surface area contributed by atoms with E-state index in [1.54, 1.807) is 0 Å². The second-order valence-electron chi connectivity index (χ2n) is 6.78. The predicted molar refractivity (Wildman–Crippen MR) is 78.3 cm³/mol. The minimum Gasteiger partial charge on any atom is -0.391 e. The first-order valence-electron chi connectivity index (χ1n) is 8.51. The van der Waals surface area contributed by atoms with Crippen molar-refractivity contribution in [3.63, 3.8) is 0 Å². The first kappa shape index (κ1) is 13.8. The summed E-state index contributed by atoms with van der Waals surface area (Å²) < 4.78 is 0. The van der Waals surface area contributed by atoms with E-state index in [4.69, 9.17) is 0 Å². The molecule has 2 saturated heterocycles. The normalized spacial score (nSPS) is 39.3. The van der Waals surface area contributed by atoms with Crippen molar-refractivity contribution in [2.45, 2.75) is 76.0 Å². The summed E-state index contributed by atoms with van der Waals surface area (Å²) in [5, 5.41) is 10.2. The second-order valence-corrected chi connectivity index (χ2v) is 6.78. The van der Waals surface area contributed by atoms with E-state index in [-0.39, 0.29) is 6.10 Å². The van der Waals surface area contributed by atoms with Gasteiger partial charge in [-0.1, -0.05) is 12.8 Å². The van der Waals surface area contributed by atoms with Gasteiger partial charge in [0.2, 0.25) is 0 Å². The van der Waals surface area contributed by atoms with Gasteiger partial charge in [-0.3, -0.25) is 4.90 Å². The molecule has 1 N–H and O–H groups in total. The van der Waals surface area contributed by atoms with E-state index in [9.17, 15) is 5.11 Å². The third-order valence-corrected chi connectivity index (χ3v) is 5.55. The zero-order chi connectivity index (χ0) is 13.1. The minimum absolute atomic E-state index is 0.0583. The average Bonchev–Trinajstić information content (AvgIpc) is 2.85. The molecule has 0 bridgehead atoms. The van der Waals surface area contributed by atoms with Crippen molar-refractivity contribution < 1.29 is 5.11 Å². The smallest absolute Gasteiger partial charge is 0.0695 e. The molecule has 19 heavy (non-hydrogen) atoms. The summed E-state index contributed by atoms with van der Waals surface area (Å²) in [6.45, 7) is 5.09. The molecule has 3 fully saturated rings. The lowest BCUT2D eigenvalue weighted by Gasteiger charge is -2.37. The molecule has 1 aliphatic carbocycles. The van der Waals surface area contributed by atoms with E-state index in [1.807, 2.05) is 0 Å². The van der Waals surface area contributed by atoms with E-state index in [0.29, 0.717) is 6.04 Å². The molecule has 0 aromatic carbocycles. The summed E-state index contributed by atoms with van der Waals surface area (Å²) in [6.07, 6.45) is 11.6. The Morgan fingerprint density at radius 3 is 2.16 bits per heavy atom. The Kier molecular flexibility index (Phi) is 4.78. The molecule has 0 spiro atoms. The van der Waals surface area contributed by atoms with Gasteiger partial charge in [-0.2, -0.15) is 0 Å². The van der Waals surface area contributed by atoms with Gasteiger partial charge in [0.1, 0.15) is 0 Å². The van der Waals surface area contributed by atoms with E-state index in [0.717, 1.165) is 12.5 Å². The molecule has 2 aliphatic heterocycles. The Morgan fingerprint density at radius 2 is 1.37 bits per heavy atom. The van der Waals surface area contributed by atoms with Crippen LogP contribution < -0.4 is 0 Å². The van der Waals surface area contributed by atoms with Gasteiger partial charge in [-0.15, -0.1) is 0 Å². The van der Waals surface area contributed by atoms with Crippen LogP contribution in [0.4, 0.5) is 0 Å². The van der Waals surface area contributed by atoms with Gasteiger partial charge in [0.25, 0.3) is 0 Å². The van der Waals surface area contributed by atoms with Crippen LogP contribution in [0.3, 0.4) is 0 Å². The number of hydrogen-bond acceptors (Lipinski definition) is 3. The van der Waals surface area contributed by atoms with Gasteiger partial charge in [-0.25, -0.2) is 0 Å². The van der Waals surface area contributed by atoms with Gasteiger partial charge in [-0.05, 0) is 64.6 Å². The largest absolute Gasteiger partial charge is 0.391 e. The highest BCUT2D eigenvalue weighted by atomic mass is 16.3. The molecule has 3 aliphatic rings. The molecular formula is C16H30N2O. The van der Waals surface area contributed by atoms with Crippen molar-refractivity contribution in [2.24, 2.45) is 0 Å². The van der Waals surface area contributed by atoms with Gasteiger partial charge in [0.05, 0.1) is 6.10 Å². The molecule has 3 nitrogen and oxygen atoms in total. The SMILES string of the molecule is OC1CCCCC1N1CCCC(N2CCCC2)CC1. The fourth-order valence-electron chi connectivity index (χ4n) is 4.42. The molecular weight excluding hydrogens is 236 g/mol. The summed E-state index contributed by atoms with van der Waals surface area (Å²) in [5.41, 5.74) is 0. The number of hydrogen-bond donors (Lipinski definition) is 1. The molecule has 0 radical (unpaired) electrons. The van der Waals surface area contributed by atoms with E-state index >= 15 is 0 Å².